The van der Waals surface area contributed by atoms with Gasteiger partial charge in [-0.05, 0) is 18.6 Å². The van der Waals surface area contributed by atoms with Crippen LogP contribution in [-0.2, 0) is 10.0 Å². The summed E-state index contributed by atoms with van der Waals surface area (Å²) in [7, 11) is -2.05. The number of hydrogen-bond donors (Lipinski definition) is 1. The first-order chi connectivity index (χ1) is 16.2. The molecule has 0 radical (unpaired) electrons. The first kappa shape index (κ1) is 23.3. The van der Waals surface area contributed by atoms with E-state index in [1.165, 1.54) is 10.4 Å². The summed E-state index contributed by atoms with van der Waals surface area (Å²) < 4.78 is 32.9. The molecule has 174 valence electrons. The number of nitrogens with one attached hydrogen (secondary N) is 1. The van der Waals surface area contributed by atoms with Gasteiger partial charge in [-0.15, -0.1) is 6.58 Å². The Bertz CT molecular complexity index is 1470. The van der Waals surface area contributed by atoms with Crippen LogP contribution in [0.4, 0.5) is 5.69 Å². The van der Waals surface area contributed by atoms with Gasteiger partial charge in [0.15, 0.2) is 0 Å². The van der Waals surface area contributed by atoms with E-state index in [0.29, 0.717) is 33.5 Å². The van der Waals surface area contributed by atoms with Gasteiger partial charge in [-0.25, -0.2) is 8.42 Å². The summed E-state index contributed by atoms with van der Waals surface area (Å²) in [6.45, 7) is 5.80. The molecular weight excluding hydrogens is 448 g/mol. The van der Waals surface area contributed by atoms with Crippen LogP contribution in [0, 0.1) is 6.92 Å². The van der Waals surface area contributed by atoms with Crippen molar-refractivity contribution in [2.75, 3.05) is 24.2 Å². The molecule has 1 N–H and O–H groups in total. The number of benzene rings is 3. The van der Waals surface area contributed by atoms with Crippen molar-refractivity contribution in [3.8, 4) is 22.5 Å². The fourth-order valence-corrected chi connectivity index (χ4v) is 4.86. The van der Waals surface area contributed by atoms with E-state index in [9.17, 15) is 13.2 Å². The molecule has 0 spiro atoms. The number of sulfonamides is 1. The third kappa shape index (κ3) is 4.34. The molecule has 0 saturated carbocycles. The number of amides is 1. The molecule has 1 aromatic heterocycles. The van der Waals surface area contributed by atoms with Crippen molar-refractivity contribution in [3.05, 3.63) is 90.5 Å². The molecule has 0 unspecified atom stereocenters. The van der Waals surface area contributed by atoms with Crippen LogP contribution in [0.2, 0.25) is 0 Å². The van der Waals surface area contributed by atoms with E-state index in [0.717, 1.165) is 22.9 Å². The Morgan fingerprint density at radius 3 is 2.32 bits per heavy atom. The van der Waals surface area contributed by atoms with Crippen molar-refractivity contribution in [1.82, 2.24) is 5.32 Å². The third-order valence-electron chi connectivity index (χ3n) is 5.62. The zero-order chi connectivity index (χ0) is 24.5. The molecule has 3 aromatic carbocycles. The number of carbonyl (C=O) groups is 1. The summed E-state index contributed by atoms with van der Waals surface area (Å²) in [6.07, 6.45) is 2.70. The lowest BCUT2D eigenvalue weighted by atomic mass is 9.98. The van der Waals surface area contributed by atoms with Crippen molar-refractivity contribution in [1.29, 1.82) is 0 Å². The van der Waals surface area contributed by atoms with E-state index >= 15 is 0 Å². The van der Waals surface area contributed by atoms with E-state index in [4.69, 9.17) is 4.42 Å². The van der Waals surface area contributed by atoms with Crippen LogP contribution in [0.25, 0.3) is 33.4 Å². The van der Waals surface area contributed by atoms with Gasteiger partial charge in [-0.2, -0.15) is 0 Å². The number of furan rings is 1. The number of anilines is 1. The highest BCUT2D eigenvalue weighted by Crippen LogP contribution is 2.41. The second kappa shape index (κ2) is 9.19. The molecule has 0 bridgehead atoms. The van der Waals surface area contributed by atoms with Crippen LogP contribution in [0.15, 0.2) is 83.8 Å². The fraction of sp³-hybridized carbons (Fsp3) is 0.148. The lowest BCUT2D eigenvalue weighted by molar-refractivity contribution is 0.0964. The van der Waals surface area contributed by atoms with Crippen LogP contribution in [0.1, 0.15) is 15.9 Å². The van der Waals surface area contributed by atoms with Gasteiger partial charge in [0.1, 0.15) is 11.3 Å². The molecule has 4 rings (SSSR count). The van der Waals surface area contributed by atoms with Gasteiger partial charge in [-0.3, -0.25) is 9.10 Å². The van der Waals surface area contributed by atoms with Crippen molar-refractivity contribution in [3.63, 3.8) is 0 Å². The molecule has 0 saturated heterocycles. The second-order valence-electron chi connectivity index (χ2n) is 8.07. The van der Waals surface area contributed by atoms with Crippen molar-refractivity contribution in [2.24, 2.45) is 0 Å². The Labute approximate surface area is 199 Å². The van der Waals surface area contributed by atoms with E-state index in [2.05, 4.69) is 11.9 Å². The highest BCUT2D eigenvalue weighted by atomic mass is 32.2. The molecule has 0 aliphatic heterocycles. The molecule has 0 atom stereocenters. The molecule has 4 aromatic rings. The summed E-state index contributed by atoms with van der Waals surface area (Å²) in [5.41, 5.74) is 4.60. The largest absolute Gasteiger partial charge is 0.455 e. The Kier molecular flexibility index (Phi) is 6.30. The molecule has 6 nitrogen and oxygen atoms in total. The standard InChI is InChI=1S/C27H26N2O4S/c1-5-15-29(34(4,31)32)23-17-24-22(16-21(23)19-9-7-6-8-10-19)25(27(30)28-3)26(33-24)20-13-11-18(2)12-14-20/h5-14,16-17H,1,15H2,2-4H3,(H,28,30). The Morgan fingerprint density at radius 2 is 1.74 bits per heavy atom. The van der Waals surface area contributed by atoms with E-state index < -0.39 is 10.0 Å². The smallest absolute Gasteiger partial charge is 0.255 e. The van der Waals surface area contributed by atoms with Crippen molar-refractivity contribution >= 4 is 32.6 Å². The Hall–Kier alpha value is -3.84. The maximum Gasteiger partial charge on any atom is 0.255 e. The summed E-state index contributed by atoms with van der Waals surface area (Å²) >= 11 is 0. The monoisotopic (exact) mass is 474 g/mol. The number of rotatable bonds is 7. The molecule has 1 heterocycles. The molecule has 0 aliphatic rings. The highest BCUT2D eigenvalue weighted by molar-refractivity contribution is 7.92. The SMILES string of the molecule is C=CCN(c1cc2oc(-c3ccc(C)cc3)c(C(=O)NC)c2cc1-c1ccccc1)S(C)(=O)=O. The number of carbonyl (C=O) groups excluding carboxylic acids is 1. The van der Waals surface area contributed by atoms with Gasteiger partial charge in [-0.1, -0.05) is 66.2 Å². The minimum atomic E-state index is -3.62. The minimum absolute atomic E-state index is 0.0952. The van der Waals surface area contributed by atoms with Gasteiger partial charge in [0.25, 0.3) is 5.91 Å². The molecular formula is C27H26N2O4S. The van der Waals surface area contributed by atoms with Gasteiger partial charge < -0.3 is 9.73 Å². The van der Waals surface area contributed by atoms with Crippen LogP contribution in [0.5, 0.6) is 0 Å². The lowest BCUT2D eigenvalue weighted by Gasteiger charge is -2.24. The van der Waals surface area contributed by atoms with Gasteiger partial charge in [0, 0.05) is 29.6 Å². The van der Waals surface area contributed by atoms with Crippen LogP contribution in [0.3, 0.4) is 0 Å². The molecule has 0 aliphatic carbocycles. The summed E-state index contributed by atoms with van der Waals surface area (Å²) in [4.78, 5) is 13.0. The maximum absolute atomic E-state index is 13.0. The van der Waals surface area contributed by atoms with Gasteiger partial charge in [0.05, 0.1) is 24.1 Å². The Morgan fingerprint density at radius 1 is 1.06 bits per heavy atom. The topological polar surface area (TPSA) is 79.6 Å². The summed E-state index contributed by atoms with van der Waals surface area (Å²) in [6, 6.07) is 20.7. The lowest BCUT2D eigenvalue weighted by Crippen LogP contribution is -2.30. The van der Waals surface area contributed by atoms with Gasteiger partial charge in [0.2, 0.25) is 10.0 Å². The fourth-order valence-electron chi connectivity index (χ4n) is 3.98. The Balaban J connectivity index is 2.09. The normalized spacial score (nSPS) is 11.4. The quantitative estimate of drug-likeness (QED) is 0.364. The predicted molar refractivity (Wildman–Crippen MR) is 138 cm³/mol. The van der Waals surface area contributed by atoms with E-state index in [1.54, 1.807) is 13.1 Å². The number of aryl methyl sites for hydroxylation is 1. The maximum atomic E-state index is 13.0. The zero-order valence-corrected chi connectivity index (χ0v) is 20.1. The van der Waals surface area contributed by atoms with E-state index in [-0.39, 0.29) is 12.5 Å². The van der Waals surface area contributed by atoms with E-state index in [1.807, 2.05) is 67.6 Å². The number of hydrogen-bond acceptors (Lipinski definition) is 4. The zero-order valence-electron chi connectivity index (χ0n) is 19.3. The second-order valence-corrected chi connectivity index (χ2v) is 9.97. The van der Waals surface area contributed by atoms with Crippen LogP contribution >= 0.6 is 0 Å². The molecule has 34 heavy (non-hydrogen) atoms. The highest BCUT2D eigenvalue weighted by Gasteiger charge is 2.26. The summed E-state index contributed by atoms with van der Waals surface area (Å²) in [5, 5.41) is 3.31. The first-order valence-corrected chi connectivity index (χ1v) is 12.6. The number of nitrogens with zero attached hydrogens (tertiary/aromatic N) is 1. The van der Waals surface area contributed by atoms with Gasteiger partial charge >= 0.3 is 0 Å². The van der Waals surface area contributed by atoms with Crippen molar-refractivity contribution < 1.29 is 17.6 Å². The first-order valence-electron chi connectivity index (χ1n) is 10.8. The van der Waals surface area contributed by atoms with Crippen LogP contribution in [-0.4, -0.2) is 34.2 Å². The average molecular weight is 475 g/mol. The predicted octanol–water partition coefficient (Wildman–Crippen LogP) is 5.39. The van der Waals surface area contributed by atoms with Crippen LogP contribution < -0.4 is 9.62 Å². The average Bonchev–Trinajstić information content (AvgIpc) is 3.20. The molecule has 0 fully saturated rings. The van der Waals surface area contributed by atoms with Crippen molar-refractivity contribution in [2.45, 2.75) is 6.92 Å². The third-order valence-corrected chi connectivity index (χ3v) is 6.77. The number of fused-ring (bicyclic) bond motifs is 1. The molecule has 7 heteroatoms. The minimum Gasteiger partial charge on any atom is -0.455 e. The molecule has 1 amide bonds. The summed E-state index contributed by atoms with van der Waals surface area (Å²) in [5.74, 6) is 0.146.